The lowest BCUT2D eigenvalue weighted by Crippen LogP contribution is -2.40. The van der Waals surface area contributed by atoms with Gasteiger partial charge in [0, 0.05) is 25.6 Å². The third kappa shape index (κ3) is 3.82. The van der Waals surface area contributed by atoms with Gasteiger partial charge in [-0.05, 0) is 25.2 Å². The van der Waals surface area contributed by atoms with Gasteiger partial charge in [0.15, 0.2) is 0 Å². The van der Waals surface area contributed by atoms with Crippen molar-refractivity contribution in [3.63, 3.8) is 0 Å². The maximum atomic E-state index is 12.0. The minimum absolute atomic E-state index is 0.178. The zero-order valence-corrected chi connectivity index (χ0v) is 10.2. The number of rotatable bonds is 3. The summed E-state index contributed by atoms with van der Waals surface area (Å²) in [4.78, 5) is 13.9. The van der Waals surface area contributed by atoms with E-state index in [9.17, 15) is 4.79 Å². The van der Waals surface area contributed by atoms with Gasteiger partial charge in [-0.1, -0.05) is 20.3 Å². The van der Waals surface area contributed by atoms with Gasteiger partial charge in [0.2, 0.25) is 5.91 Å². The zero-order valence-electron chi connectivity index (χ0n) is 10.2. The van der Waals surface area contributed by atoms with Crippen LogP contribution in [0.2, 0.25) is 0 Å². The summed E-state index contributed by atoms with van der Waals surface area (Å²) in [6.07, 6.45) is 4.08. The van der Waals surface area contributed by atoms with Crippen LogP contribution < -0.4 is 5.73 Å². The van der Waals surface area contributed by atoms with E-state index < -0.39 is 0 Å². The van der Waals surface area contributed by atoms with Crippen molar-refractivity contribution in [3.8, 4) is 0 Å². The normalized spacial score (nSPS) is 26.7. The van der Waals surface area contributed by atoms with Gasteiger partial charge in [-0.25, -0.2) is 0 Å². The molecule has 15 heavy (non-hydrogen) atoms. The fraction of sp³-hybridized carbons (Fsp3) is 0.917. The second-order valence-corrected chi connectivity index (χ2v) is 5.24. The number of carbonyl (C=O) groups excluding carboxylic acids is 1. The lowest BCUT2D eigenvalue weighted by Gasteiger charge is -2.30. The van der Waals surface area contributed by atoms with Crippen molar-refractivity contribution in [2.75, 3.05) is 13.6 Å². The van der Waals surface area contributed by atoms with E-state index >= 15 is 0 Å². The zero-order chi connectivity index (χ0) is 11.4. The molecule has 0 aromatic carbocycles. The minimum Gasteiger partial charge on any atom is -0.345 e. The highest BCUT2D eigenvalue weighted by Gasteiger charge is 2.27. The largest absolute Gasteiger partial charge is 0.345 e. The molecule has 0 radical (unpaired) electrons. The summed E-state index contributed by atoms with van der Waals surface area (Å²) in [6.45, 7) is 5.12. The Kier molecular flexibility index (Phi) is 4.58. The maximum absolute atomic E-state index is 12.0. The fourth-order valence-electron chi connectivity index (χ4n) is 2.40. The highest BCUT2D eigenvalue weighted by Crippen LogP contribution is 2.24. The second kappa shape index (κ2) is 5.50. The standard InChI is InChI=1S/C12H24N2O/c1-9(2)8-14(3)12(15)10-5-4-6-11(13)7-10/h9-11H,4-8,13H2,1-3H3. The number of hydrogen-bond donors (Lipinski definition) is 1. The average Bonchev–Trinajstić information content (AvgIpc) is 2.15. The van der Waals surface area contributed by atoms with Crippen LogP contribution in [0.25, 0.3) is 0 Å². The van der Waals surface area contributed by atoms with Crippen LogP contribution >= 0.6 is 0 Å². The van der Waals surface area contributed by atoms with E-state index in [4.69, 9.17) is 5.73 Å². The van der Waals surface area contributed by atoms with Gasteiger partial charge in [0.25, 0.3) is 0 Å². The van der Waals surface area contributed by atoms with Gasteiger partial charge in [0.1, 0.15) is 0 Å². The first-order valence-electron chi connectivity index (χ1n) is 6.01. The highest BCUT2D eigenvalue weighted by atomic mass is 16.2. The number of amides is 1. The molecular formula is C12H24N2O. The van der Waals surface area contributed by atoms with Crippen molar-refractivity contribution in [1.29, 1.82) is 0 Å². The van der Waals surface area contributed by atoms with E-state index in [1.54, 1.807) is 0 Å². The summed E-state index contributed by atoms with van der Waals surface area (Å²) in [7, 11) is 1.91. The lowest BCUT2D eigenvalue weighted by molar-refractivity contribution is -0.135. The molecule has 1 aliphatic carbocycles. The quantitative estimate of drug-likeness (QED) is 0.772. The monoisotopic (exact) mass is 212 g/mol. The summed E-state index contributed by atoms with van der Waals surface area (Å²) in [5.74, 6) is 1.01. The summed E-state index contributed by atoms with van der Waals surface area (Å²) >= 11 is 0. The van der Waals surface area contributed by atoms with Crippen LogP contribution in [0, 0.1) is 11.8 Å². The van der Waals surface area contributed by atoms with Gasteiger partial charge >= 0.3 is 0 Å². The average molecular weight is 212 g/mol. The SMILES string of the molecule is CC(C)CN(C)C(=O)C1CCCC(N)C1. The van der Waals surface area contributed by atoms with Crippen molar-refractivity contribution in [2.24, 2.45) is 17.6 Å². The number of hydrogen-bond acceptors (Lipinski definition) is 2. The first kappa shape index (κ1) is 12.5. The molecule has 2 unspecified atom stereocenters. The topological polar surface area (TPSA) is 46.3 Å². The molecule has 0 spiro atoms. The molecule has 0 saturated heterocycles. The van der Waals surface area contributed by atoms with Crippen LogP contribution in [-0.4, -0.2) is 30.4 Å². The Bertz CT molecular complexity index is 216. The van der Waals surface area contributed by atoms with Gasteiger partial charge in [-0.15, -0.1) is 0 Å². The Hall–Kier alpha value is -0.570. The van der Waals surface area contributed by atoms with Crippen molar-refractivity contribution in [1.82, 2.24) is 4.90 Å². The molecule has 1 saturated carbocycles. The van der Waals surface area contributed by atoms with E-state index in [0.29, 0.717) is 11.8 Å². The molecular weight excluding hydrogens is 188 g/mol. The fourth-order valence-corrected chi connectivity index (χ4v) is 2.40. The van der Waals surface area contributed by atoms with Crippen LogP contribution in [-0.2, 0) is 4.79 Å². The highest BCUT2D eigenvalue weighted by molar-refractivity contribution is 5.78. The predicted octanol–water partition coefficient (Wildman–Crippen LogP) is 1.62. The van der Waals surface area contributed by atoms with Crippen LogP contribution in [0.5, 0.6) is 0 Å². The van der Waals surface area contributed by atoms with Crippen LogP contribution in [0.3, 0.4) is 0 Å². The minimum atomic E-state index is 0.178. The molecule has 0 aliphatic heterocycles. The number of nitrogens with two attached hydrogens (primary N) is 1. The Morgan fingerprint density at radius 2 is 2.13 bits per heavy atom. The third-order valence-corrected chi connectivity index (χ3v) is 3.08. The van der Waals surface area contributed by atoms with E-state index in [0.717, 1.165) is 32.2 Å². The van der Waals surface area contributed by atoms with Crippen molar-refractivity contribution in [3.05, 3.63) is 0 Å². The smallest absolute Gasteiger partial charge is 0.225 e. The number of carbonyl (C=O) groups is 1. The second-order valence-electron chi connectivity index (χ2n) is 5.24. The molecule has 88 valence electrons. The predicted molar refractivity (Wildman–Crippen MR) is 62.4 cm³/mol. The molecule has 3 nitrogen and oxygen atoms in total. The molecule has 0 heterocycles. The number of nitrogens with zero attached hydrogens (tertiary/aromatic N) is 1. The Morgan fingerprint density at radius 3 is 2.67 bits per heavy atom. The molecule has 0 aromatic heterocycles. The molecule has 0 aromatic rings. The van der Waals surface area contributed by atoms with Gasteiger partial charge in [-0.2, -0.15) is 0 Å². The molecule has 3 heteroatoms. The summed E-state index contributed by atoms with van der Waals surface area (Å²) < 4.78 is 0. The van der Waals surface area contributed by atoms with E-state index in [2.05, 4.69) is 13.8 Å². The Morgan fingerprint density at radius 1 is 1.47 bits per heavy atom. The van der Waals surface area contributed by atoms with Crippen molar-refractivity contribution >= 4 is 5.91 Å². The molecule has 1 fully saturated rings. The molecule has 2 N–H and O–H groups in total. The van der Waals surface area contributed by atoms with Crippen molar-refractivity contribution < 1.29 is 4.79 Å². The Labute approximate surface area is 93.0 Å². The summed E-state index contributed by atoms with van der Waals surface area (Å²) in [5, 5.41) is 0. The van der Waals surface area contributed by atoms with Crippen LogP contribution in [0.15, 0.2) is 0 Å². The molecule has 1 aliphatic rings. The van der Waals surface area contributed by atoms with Crippen LogP contribution in [0.1, 0.15) is 39.5 Å². The van der Waals surface area contributed by atoms with E-state index in [1.165, 1.54) is 0 Å². The first-order chi connectivity index (χ1) is 7.00. The maximum Gasteiger partial charge on any atom is 0.225 e. The van der Waals surface area contributed by atoms with Gasteiger partial charge in [-0.3, -0.25) is 4.79 Å². The van der Waals surface area contributed by atoms with Crippen molar-refractivity contribution in [2.45, 2.75) is 45.6 Å². The van der Waals surface area contributed by atoms with E-state index in [-0.39, 0.29) is 12.0 Å². The molecule has 2 atom stereocenters. The molecule has 1 amide bonds. The van der Waals surface area contributed by atoms with E-state index in [1.807, 2.05) is 11.9 Å². The molecule has 0 bridgehead atoms. The Balaban J connectivity index is 2.44. The van der Waals surface area contributed by atoms with Gasteiger partial charge < -0.3 is 10.6 Å². The summed E-state index contributed by atoms with van der Waals surface area (Å²) in [5.41, 5.74) is 5.89. The summed E-state index contributed by atoms with van der Waals surface area (Å²) in [6, 6.07) is 0.236. The lowest BCUT2D eigenvalue weighted by atomic mass is 9.85. The molecule has 1 rings (SSSR count). The van der Waals surface area contributed by atoms with Crippen LogP contribution in [0.4, 0.5) is 0 Å². The first-order valence-corrected chi connectivity index (χ1v) is 6.01. The third-order valence-electron chi connectivity index (χ3n) is 3.08. The van der Waals surface area contributed by atoms with Gasteiger partial charge in [0.05, 0.1) is 0 Å².